The Balaban J connectivity index is 2.59. The SMILES string of the molecule is Cc1ccc(C(C)NC(=NCC(C)C)NN)s1. The van der Waals surface area contributed by atoms with Crippen LogP contribution in [-0.2, 0) is 0 Å². The summed E-state index contributed by atoms with van der Waals surface area (Å²) in [5.74, 6) is 6.63. The van der Waals surface area contributed by atoms with Crippen LogP contribution in [0.2, 0.25) is 0 Å². The molecular weight excluding hydrogens is 232 g/mol. The van der Waals surface area contributed by atoms with E-state index in [1.54, 1.807) is 11.3 Å². The van der Waals surface area contributed by atoms with Gasteiger partial charge in [0.05, 0.1) is 6.04 Å². The van der Waals surface area contributed by atoms with Crippen LogP contribution >= 0.6 is 11.3 Å². The molecule has 0 aliphatic carbocycles. The molecule has 4 N–H and O–H groups in total. The van der Waals surface area contributed by atoms with Crippen LogP contribution in [0.1, 0.15) is 36.6 Å². The number of guanidine groups is 1. The van der Waals surface area contributed by atoms with Crippen LogP contribution in [0.15, 0.2) is 17.1 Å². The Morgan fingerprint density at radius 1 is 1.41 bits per heavy atom. The van der Waals surface area contributed by atoms with E-state index in [1.165, 1.54) is 9.75 Å². The summed E-state index contributed by atoms with van der Waals surface area (Å²) in [7, 11) is 0. The Labute approximate surface area is 107 Å². The molecule has 0 aliphatic rings. The molecule has 0 bridgehead atoms. The number of nitrogens with one attached hydrogen (secondary N) is 2. The van der Waals surface area contributed by atoms with Crippen LogP contribution in [0.25, 0.3) is 0 Å². The van der Waals surface area contributed by atoms with E-state index < -0.39 is 0 Å². The summed E-state index contributed by atoms with van der Waals surface area (Å²) in [6, 6.07) is 4.48. The first-order valence-corrected chi connectivity index (χ1v) is 6.68. The van der Waals surface area contributed by atoms with E-state index in [4.69, 9.17) is 5.84 Å². The van der Waals surface area contributed by atoms with Crippen LogP contribution < -0.4 is 16.6 Å². The highest BCUT2D eigenvalue weighted by Gasteiger charge is 2.09. The van der Waals surface area contributed by atoms with E-state index in [0.717, 1.165) is 6.54 Å². The van der Waals surface area contributed by atoms with Crippen molar-refractivity contribution in [1.29, 1.82) is 0 Å². The highest BCUT2D eigenvalue weighted by atomic mass is 32.1. The third-order valence-electron chi connectivity index (χ3n) is 2.29. The molecule has 1 unspecified atom stereocenters. The molecule has 17 heavy (non-hydrogen) atoms. The number of thiophene rings is 1. The largest absolute Gasteiger partial charge is 0.348 e. The van der Waals surface area contributed by atoms with Crippen molar-refractivity contribution in [3.05, 3.63) is 21.9 Å². The van der Waals surface area contributed by atoms with Gasteiger partial charge in [-0.3, -0.25) is 10.4 Å². The third-order valence-corrected chi connectivity index (χ3v) is 3.48. The average Bonchev–Trinajstić information content (AvgIpc) is 2.70. The van der Waals surface area contributed by atoms with Gasteiger partial charge in [-0.25, -0.2) is 5.84 Å². The Morgan fingerprint density at radius 2 is 2.12 bits per heavy atom. The first-order chi connectivity index (χ1) is 8.02. The van der Waals surface area contributed by atoms with E-state index in [1.807, 2.05) is 0 Å². The first kappa shape index (κ1) is 14.0. The standard InChI is InChI=1S/C12H22N4S/c1-8(2)7-14-12(16-13)15-10(4)11-6-5-9(3)17-11/h5-6,8,10H,7,13H2,1-4H3,(H2,14,15,16). The number of hydrogen-bond acceptors (Lipinski definition) is 3. The molecular formula is C12H22N4S. The summed E-state index contributed by atoms with van der Waals surface area (Å²) in [5, 5.41) is 3.28. The maximum Gasteiger partial charge on any atom is 0.206 e. The zero-order chi connectivity index (χ0) is 12.8. The van der Waals surface area contributed by atoms with Crippen LogP contribution in [-0.4, -0.2) is 12.5 Å². The number of aryl methyl sites for hydroxylation is 1. The molecule has 4 nitrogen and oxygen atoms in total. The minimum Gasteiger partial charge on any atom is -0.348 e. The normalized spacial score (nSPS) is 13.9. The molecule has 96 valence electrons. The number of rotatable bonds is 4. The number of nitrogens with zero attached hydrogens (tertiary/aromatic N) is 1. The molecule has 1 atom stereocenters. The smallest absolute Gasteiger partial charge is 0.206 e. The predicted molar refractivity (Wildman–Crippen MR) is 75.1 cm³/mol. The Morgan fingerprint density at radius 3 is 2.59 bits per heavy atom. The monoisotopic (exact) mass is 254 g/mol. The van der Waals surface area contributed by atoms with Gasteiger partial charge in [0.15, 0.2) is 0 Å². The molecule has 0 radical (unpaired) electrons. The lowest BCUT2D eigenvalue weighted by Gasteiger charge is -2.15. The number of nitrogens with two attached hydrogens (primary N) is 1. The van der Waals surface area contributed by atoms with E-state index in [-0.39, 0.29) is 6.04 Å². The fraction of sp³-hybridized carbons (Fsp3) is 0.583. The molecule has 0 saturated carbocycles. The molecule has 0 saturated heterocycles. The Bertz CT molecular complexity index is 370. The molecule has 0 amide bonds. The molecule has 1 aromatic rings. The summed E-state index contributed by atoms with van der Waals surface area (Å²) in [4.78, 5) is 6.99. The van der Waals surface area contributed by atoms with Gasteiger partial charge in [0.2, 0.25) is 5.96 Å². The van der Waals surface area contributed by atoms with E-state index in [9.17, 15) is 0 Å². The fourth-order valence-corrected chi connectivity index (χ4v) is 2.25. The number of aliphatic imine (C=N–C) groups is 1. The summed E-state index contributed by atoms with van der Waals surface area (Å²) >= 11 is 1.79. The maximum atomic E-state index is 5.45. The molecule has 0 aliphatic heterocycles. The predicted octanol–water partition coefficient (Wildman–Crippen LogP) is 2.18. The van der Waals surface area contributed by atoms with Crippen LogP contribution in [0.3, 0.4) is 0 Å². The van der Waals surface area contributed by atoms with E-state index in [2.05, 4.69) is 55.6 Å². The lowest BCUT2D eigenvalue weighted by molar-refractivity contribution is 0.645. The second kappa shape index (κ2) is 6.61. The van der Waals surface area contributed by atoms with Gasteiger partial charge in [0.1, 0.15) is 0 Å². The zero-order valence-corrected chi connectivity index (χ0v) is 11.8. The van der Waals surface area contributed by atoms with Gasteiger partial charge in [-0.05, 0) is 31.9 Å². The van der Waals surface area contributed by atoms with Gasteiger partial charge in [-0.15, -0.1) is 11.3 Å². The summed E-state index contributed by atoms with van der Waals surface area (Å²) in [6.45, 7) is 9.24. The summed E-state index contributed by atoms with van der Waals surface area (Å²) in [6.07, 6.45) is 0. The topological polar surface area (TPSA) is 62.4 Å². The molecule has 0 fully saturated rings. The summed E-state index contributed by atoms with van der Waals surface area (Å²) < 4.78 is 0. The highest BCUT2D eigenvalue weighted by Crippen LogP contribution is 2.21. The van der Waals surface area contributed by atoms with Crippen molar-refractivity contribution in [1.82, 2.24) is 10.7 Å². The minimum absolute atomic E-state index is 0.218. The highest BCUT2D eigenvalue weighted by molar-refractivity contribution is 7.12. The molecule has 0 aromatic carbocycles. The third kappa shape index (κ3) is 4.75. The summed E-state index contributed by atoms with van der Waals surface area (Å²) in [5.41, 5.74) is 2.61. The van der Waals surface area contributed by atoms with E-state index >= 15 is 0 Å². The Hall–Kier alpha value is -1.07. The van der Waals surface area contributed by atoms with Crippen molar-refractivity contribution in [2.24, 2.45) is 16.8 Å². The average molecular weight is 254 g/mol. The lowest BCUT2D eigenvalue weighted by Crippen LogP contribution is -2.42. The van der Waals surface area contributed by atoms with Crippen molar-refractivity contribution in [3.63, 3.8) is 0 Å². The van der Waals surface area contributed by atoms with Gasteiger partial charge < -0.3 is 5.32 Å². The molecule has 0 spiro atoms. The van der Waals surface area contributed by atoms with Gasteiger partial charge >= 0.3 is 0 Å². The molecule has 1 aromatic heterocycles. The molecule has 1 rings (SSSR count). The van der Waals surface area contributed by atoms with Crippen molar-refractivity contribution < 1.29 is 0 Å². The van der Waals surface area contributed by atoms with E-state index in [0.29, 0.717) is 11.9 Å². The van der Waals surface area contributed by atoms with Crippen LogP contribution in [0, 0.1) is 12.8 Å². The number of hydrogen-bond donors (Lipinski definition) is 3. The van der Waals surface area contributed by atoms with Gasteiger partial charge in [-0.2, -0.15) is 0 Å². The van der Waals surface area contributed by atoms with Crippen LogP contribution in [0.4, 0.5) is 0 Å². The second-order valence-corrected chi connectivity index (χ2v) is 5.86. The van der Waals surface area contributed by atoms with Gasteiger partial charge in [0.25, 0.3) is 0 Å². The lowest BCUT2D eigenvalue weighted by atomic mass is 10.2. The maximum absolute atomic E-state index is 5.45. The van der Waals surface area contributed by atoms with Gasteiger partial charge in [-0.1, -0.05) is 13.8 Å². The zero-order valence-electron chi connectivity index (χ0n) is 10.9. The first-order valence-electron chi connectivity index (χ1n) is 5.87. The van der Waals surface area contributed by atoms with Crippen molar-refractivity contribution >= 4 is 17.3 Å². The van der Waals surface area contributed by atoms with Crippen molar-refractivity contribution in [2.75, 3.05) is 6.54 Å². The molecule has 1 heterocycles. The Kier molecular flexibility index (Phi) is 5.44. The number of hydrazine groups is 1. The van der Waals surface area contributed by atoms with Crippen molar-refractivity contribution in [3.8, 4) is 0 Å². The van der Waals surface area contributed by atoms with Gasteiger partial charge in [0, 0.05) is 16.3 Å². The minimum atomic E-state index is 0.218. The fourth-order valence-electron chi connectivity index (χ4n) is 1.37. The van der Waals surface area contributed by atoms with Crippen molar-refractivity contribution in [2.45, 2.75) is 33.7 Å². The van der Waals surface area contributed by atoms with Crippen LogP contribution in [0.5, 0.6) is 0 Å². The quantitative estimate of drug-likeness (QED) is 0.334. The second-order valence-electron chi connectivity index (χ2n) is 4.54. The molecule has 5 heteroatoms.